The van der Waals surface area contributed by atoms with E-state index in [1.807, 2.05) is 36.4 Å². The highest BCUT2D eigenvalue weighted by molar-refractivity contribution is 7.18. The Labute approximate surface area is 221 Å². The molecule has 2 aromatic carbocycles. The molecule has 0 amide bonds. The van der Waals surface area contributed by atoms with Gasteiger partial charge in [-0.1, -0.05) is 60.7 Å². The Balaban J connectivity index is 1.33. The Bertz CT molecular complexity index is 1360. The molecule has 0 radical (unpaired) electrons. The number of nitrogens with zero attached hydrogens (tertiary/aromatic N) is 3. The van der Waals surface area contributed by atoms with Crippen molar-refractivity contribution in [2.45, 2.75) is 38.6 Å². The topological polar surface area (TPSA) is 81.7 Å². The summed E-state index contributed by atoms with van der Waals surface area (Å²) in [5.74, 6) is 0.634. The van der Waals surface area contributed by atoms with E-state index in [9.17, 15) is 9.90 Å². The zero-order chi connectivity index (χ0) is 25.6. The van der Waals surface area contributed by atoms with Gasteiger partial charge in [-0.2, -0.15) is 0 Å². The molecule has 3 heterocycles. The van der Waals surface area contributed by atoms with Crippen LogP contribution in [0.15, 0.2) is 65.5 Å². The van der Waals surface area contributed by atoms with Gasteiger partial charge in [0.15, 0.2) is 0 Å². The maximum Gasteiger partial charge on any atom is 0.259 e. The summed E-state index contributed by atoms with van der Waals surface area (Å²) in [7, 11) is 1.69. The van der Waals surface area contributed by atoms with E-state index in [1.165, 1.54) is 10.4 Å². The quantitative estimate of drug-likeness (QED) is 0.291. The number of hydrogen-bond donors (Lipinski definition) is 2. The number of aliphatic hydroxyl groups is 1. The lowest BCUT2D eigenvalue weighted by Crippen LogP contribution is -2.31. The van der Waals surface area contributed by atoms with Gasteiger partial charge in [-0.25, -0.2) is 4.98 Å². The largest absolute Gasteiger partial charge is 0.387 e. The van der Waals surface area contributed by atoms with Gasteiger partial charge in [-0.15, -0.1) is 11.3 Å². The number of benzene rings is 2. The van der Waals surface area contributed by atoms with Crippen molar-refractivity contribution in [3.05, 3.63) is 98.4 Å². The van der Waals surface area contributed by atoms with Crippen LogP contribution in [0.1, 0.15) is 39.9 Å². The molecule has 0 unspecified atom stereocenters. The molecule has 7 nitrogen and oxygen atoms in total. The molecule has 0 saturated carbocycles. The van der Waals surface area contributed by atoms with Gasteiger partial charge in [0.1, 0.15) is 10.7 Å². The number of aromatic nitrogens is 2. The van der Waals surface area contributed by atoms with E-state index in [0.717, 1.165) is 60.4 Å². The molecule has 0 bridgehead atoms. The summed E-state index contributed by atoms with van der Waals surface area (Å²) < 4.78 is 5.24. The molecule has 5 rings (SSSR count). The molecule has 1 aliphatic heterocycles. The second kappa shape index (κ2) is 12.1. The lowest BCUT2D eigenvalue weighted by Gasteiger charge is -2.26. The predicted octanol–water partition coefficient (Wildman–Crippen LogP) is 4.12. The summed E-state index contributed by atoms with van der Waals surface area (Å²) in [5.41, 5.74) is 3.27. The van der Waals surface area contributed by atoms with E-state index in [0.29, 0.717) is 25.5 Å². The van der Waals surface area contributed by atoms with Crippen LogP contribution in [-0.2, 0) is 30.8 Å². The summed E-state index contributed by atoms with van der Waals surface area (Å²) in [5, 5.41) is 11.6. The molecule has 37 heavy (non-hydrogen) atoms. The molecule has 1 atom stereocenters. The van der Waals surface area contributed by atoms with Crippen LogP contribution in [0.4, 0.5) is 0 Å². The first kappa shape index (κ1) is 25.8. The summed E-state index contributed by atoms with van der Waals surface area (Å²) in [6.07, 6.45) is 1.07. The molecule has 0 spiro atoms. The predicted molar refractivity (Wildman–Crippen MR) is 148 cm³/mol. The number of aromatic amines is 1. The second-order valence-corrected chi connectivity index (χ2v) is 10.7. The summed E-state index contributed by atoms with van der Waals surface area (Å²) >= 11 is 1.64. The van der Waals surface area contributed by atoms with E-state index in [1.54, 1.807) is 18.4 Å². The Hall–Kier alpha value is -2.88. The minimum atomic E-state index is -0.621. The van der Waals surface area contributed by atoms with Crippen LogP contribution in [-0.4, -0.2) is 58.2 Å². The van der Waals surface area contributed by atoms with Crippen molar-refractivity contribution in [3.63, 3.8) is 0 Å². The zero-order valence-corrected chi connectivity index (χ0v) is 22.0. The van der Waals surface area contributed by atoms with E-state index in [-0.39, 0.29) is 5.56 Å². The van der Waals surface area contributed by atoms with Crippen LogP contribution in [0.3, 0.4) is 0 Å². The molecular weight excluding hydrogens is 484 g/mol. The average Bonchev–Trinajstić information content (AvgIpc) is 3.28. The van der Waals surface area contributed by atoms with E-state index in [2.05, 4.69) is 39.0 Å². The van der Waals surface area contributed by atoms with Crippen molar-refractivity contribution < 1.29 is 9.84 Å². The molecular formula is C29H34N4O3S. The maximum absolute atomic E-state index is 13.2. The van der Waals surface area contributed by atoms with Crippen molar-refractivity contribution in [2.75, 3.05) is 33.4 Å². The van der Waals surface area contributed by atoms with Gasteiger partial charge in [0.2, 0.25) is 0 Å². The van der Waals surface area contributed by atoms with Crippen LogP contribution >= 0.6 is 11.3 Å². The van der Waals surface area contributed by atoms with Crippen LogP contribution in [0.5, 0.6) is 0 Å². The molecule has 194 valence electrons. The van der Waals surface area contributed by atoms with Crippen molar-refractivity contribution in [2.24, 2.45) is 0 Å². The number of fused-ring (bicyclic) bond motifs is 3. The van der Waals surface area contributed by atoms with Gasteiger partial charge in [-0.3, -0.25) is 14.6 Å². The monoisotopic (exact) mass is 518 g/mol. The van der Waals surface area contributed by atoms with Crippen molar-refractivity contribution in [1.82, 2.24) is 19.8 Å². The van der Waals surface area contributed by atoms with Crippen LogP contribution in [0.25, 0.3) is 10.2 Å². The maximum atomic E-state index is 13.2. The molecule has 0 saturated heterocycles. The Morgan fingerprint density at radius 3 is 2.68 bits per heavy atom. The molecule has 2 aromatic heterocycles. The van der Waals surface area contributed by atoms with Crippen LogP contribution in [0, 0.1) is 0 Å². The third-order valence-corrected chi connectivity index (χ3v) is 8.01. The third-order valence-electron chi connectivity index (χ3n) is 6.90. The number of ether oxygens (including phenoxy) is 1. The van der Waals surface area contributed by atoms with Crippen molar-refractivity contribution >= 4 is 21.6 Å². The number of hydrogen-bond acceptors (Lipinski definition) is 7. The first-order valence-electron chi connectivity index (χ1n) is 12.8. The second-order valence-electron chi connectivity index (χ2n) is 9.65. The highest BCUT2D eigenvalue weighted by atomic mass is 32.1. The SMILES string of the molecule is COCCCN(Cc1nc2sc3c(c2c(=O)[nH]1)CCN(Cc1ccccc1)C3)C[C@H](O)c1ccccc1. The smallest absolute Gasteiger partial charge is 0.259 e. The van der Waals surface area contributed by atoms with Gasteiger partial charge >= 0.3 is 0 Å². The number of thiophene rings is 1. The van der Waals surface area contributed by atoms with Gasteiger partial charge in [0, 0.05) is 51.3 Å². The van der Waals surface area contributed by atoms with E-state index in [4.69, 9.17) is 9.72 Å². The standard InChI is InChI=1S/C29H34N4O3S/c1-36-16-8-14-32(18-24(34)22-11-6-3-7-12-22)20-26-30-28(35)27-23-13-15-33(17-21-9-4-2-5-10-21)19-25(23)37-29(27)31-26/h2-7,9-12,24,34H,8,13-20H2,1H3,(H,30,31,35)/t24-/m0/s1. The number of nitrogens with one attached hydrogen (secondary N) is 1. The number of aliphatic hydroxyl groups excluding tert-OH is 1. The number of H-pyrrole nitrogens is 1. The first-order valence-corrected chi connectivity index (χ1v) is 13.7. The molecule has 0 fully saturated rings. The molecule has 1 aliphatic rings. The minimum absolute atomic E-state index is 0.0607. The van der Waals surface area contributed by atoms with Gasteiger partial charge in [0.25, 0.3) is 5.56 Å². The van der Waals surface area contributed by atoms with Crippen molar-refractivity contribution in [3.8, 4) is 0 Å². The third kappa shape index (κ3) is 6.34. The number of rotatable bonds is 11. The van der Waals surface area contributed by atoms with Crippen LogP contribution in [0.2, 0.25) is 0 Å². The summed E-state index contributed by atoms with van der Waals surface area (Å²) in [6.45, 7) is 4.95. The molecule has 0 aliphatic carbocycles. The lowest BCUT2D eigenvalue weighted by atomic mass is 10.0. The fraction of sp³-hybridized carbons (Fsp3) is 0.379. The fourth-order valence-electron chi connectivity index (χ4n) is 5.05. The van der Waals surface area contributed by atoms with Crippen molar-refractivity contribution in [1.29, 1.82) is 0 Å². The van der Waals surface area contributed by atoms with Gasteiger partial charge < -0.3 is 14.8 Å². The minimum Gasteiger partial charge on any atom is -0.387 e. The fourth-order valence-corrected chi connectivity index (χ4v) is 6.34. The highest BCUT2D eigenvalue weighted by Crippen LogP contribution is 2.33. The normalized spacial score (nSPS) is 14.8. The van der Waals surface area contributed by atoms with E-state index < -0.39 is 6.10 Å². The van der Waals surface area contributed by atoms with E-state index >= 15 is 0 Å². The Kier molecular flexibility index (Phi) is 8.43. The molecule has 8 heteroatoms. The summed E-state index contributed by atoms with van der Waals surface area (Å²) in [6, 6.07) is 20.2. The highest BCUT2D eigenvalue weighted by Gasteiger charge is 2.24. The average molecular weight is 519 g/mol. The Morgan fingerprint density at radius 2 is 1.92 bits per heavy atom. The first-order chi connectivity index (χ1) is 18.1. The molecule has 4 aromatic rings. The van der Waals surface area contributed by atoms with Gasteiger partial charge in [-0.05, 0) is 29.5 Å². The lowest BCUT2D eigenvalue weighted by molar-refractivity contribution is 0.0981. The zero-order valence-electron chi connectivity index (χ0n) is 21.2. The molecule has 2 N–H and O–H groups in total. The van der Waals surface area contributed by atoms with Crippen LogP contribution < -0.4 is 5.56 Å². The number of methoxy groups -OCH3 is 1. The van der Waals surface area contributed by atoms with Gasteiger partial charge in [0.05, 0.1) is 18.0 Å². The Morgan fingerprint density at radius 1 is 1.16 bits per heavy atom. The summed E-state index contributed by atoms with van der Waals surface area (Å²) in [4.78, 5) is 27.8.